The van der Waals surface area contributed by atoms with Crippen molar-refractivity contribution < 1.29 is 9.59 Å². The maximum absolute atomic E-state index is 12.3. The molecule has 2 heterocycles. The van der Waals surface area contributed by atoms with Crippen molar-refractivity contribution in [2.75, 3.05) is 18.1 Å². The van der Waals surface area contributed by atoms with E-state index < -0.39 is 6.04 Å². The molecule has 0 spiro atoms. The third-order valence-electron chi connectivity index (χ3n) is 3.93. The van der Waals surface area contributed by atoms with Crippen LogP contribution in [0, 0.1) is 0 Å². The van der Waals surface area contributed by atoms with Crippen LogP contribution in [0.25, 0.3) is 0 Å². The molecule has 0 aliphatic carbocycles. The lowest BCUT2D eigenvalue weighted by Crippen LogP contribution is -2.57. The lowest BCUT2D eigenvalue weighted by atomic mass is 9.98. The smallest absolute Gasteiger partial charge is 0.247 e. The highest BCUT2D eigenvalue weighted by atomic mass is 32.2. The second-order valence-electron chi connectivity index (χ2n) is 5.18. The molecule has 3 rings (SSSR count). The van der Waals surface area contributed by atoms with Crippen LogP contribution >= 0.6 is 11.8 Å². The van der Waals surface area contributed by atoms with Crippen LogP contribution in [0.4, 0.5) is 0 Å². The zero-order valence-corrected chi connectivity index (χ0v) is 12.1. The van der Waals surface area contributed by atoms with E-state index in [0.717, 1.165) is 29.9 Å². The number of benzene rings is 1. The molecule has 4 nitrogen and oxygen atoms in total. The Balaban J connectivity index is 1.93. The first-order chi connectivity index (χ1) is 9.77. The summed E-state index contributed by atoms with van der Waals surface area (Å²) in [6, 6.07) is 9.33. The summed E-state index contributed by atoms with van der Waals surface area (Å²) in [5, 5.41) is 2.71. The number of nitrogens with one attached hydrogen (secondary N) is 1. The molecule has 2 fully saturated rings. The van der Waals surface area contributed by atoms with Gasteiger partial charge in [0.25, 0.3) is 0 Å². The van der Waals surface area contributed by atoms with Gasteiger partial charge in [-0.1, -0.05) is 30.3 Å². The van der Waals surface area contributed by atoms with Crippen molar-refractivity contribution >= 4 is 23.6 Å². The number of piperazine rings is 1. The molecule has 2 saturated heterocycles. The monoisotopic (exact) mass is 290 g/mol. The summed E-state index contributed by atoms with van der Waals surface area (Å²) in [6.45, 7) is 0.131. The Labute approximate surface area is 122 Å². The normalized spacial score (nSPS) is 24.6. The molecule has 5 heteroatoms. The predicted molar refractivity (Wildman–Crippen MR) is 79.4 cm³/mol. The van der Waals surface area contributed by atoms with Crippen LogP contribution in [-0.4, -0.2) is 40.8 Å². The molecule has 2 aliphatic rings. The van der Waals surface area contributed by atoms with E-state index in [9.17, 15) is 9.59 Å². The molecule has 1 N–H and O–H groups in total. The van der Waals surface area contributed by atoms with Crippen molar-refractivity contribution in [1.82, 2.24) is 10.2 Å². The minimum absolute atomic E-state index is 0.0374. The van der Waals surface area contributed by atoms with Gasteiger partial charge >= 0.3 is 0 Å². The Hall–Kier alpha value is -1.49. The molecule has 20 heavy (non-hydrogen) atoms. The van der Waals surface area contributed by atoms with Crippen LogP contribution in [0.15, 0.2) is 30.3 Å². The average molecular weight is 290 g/mol. The van der Waals surface area contributed by atoms with E-state index in [4.69, 9.17) is 0 Å². The van der Waals surface area contributed by atoms with Gasteiger partial charge in [-0.15, -0.1) is 0 Å². The maximum atomic E-state index is 12.3. The number of thioether (sulfide) groups is 1. The van der Waals surface area contributed by atoms with Gasteiger partial charge in [0.05, 0.1) is 6.54 Å². The minimum atomic E-state index is -0.467. The van der Waals surface area contributed by atoms with Crippen LogP contribution in [-0.2, 0) is 9.59 Å². The molecule has 106 valence electrons. The standard InChI is InChI=1S/C15H18N2O2S/c18-13-10-16-15(19)14(11-4-2-1-3-5-11)17(13)12-6-8-20-9-7-12/h1-5,12,14H,6-10H2,(H,16,19). The van der Waals surface area contributed by atoms with Gasteiger partial charge in [0.1, 0.15) is 6.04 Å². The van der Waals surface area contributed by atoms with E-state index >= 15 is 0 Å². The van der Waals surface area contributed by atoms with Crippen molar-refractivity contribution in [2.24, 2.45) is 0 Å². The highest BCUT2D eigenvalue weighted by Crippen LogP contribution is 2.31. The molecule has 2 amide bonds. The van der Waals surface area contributed by atoms with Crippen LogP contribution in [0.3, 0.4) is 0 Å². The Morgan fingerprint density at radius 3 is 2.50 bits per heavy atom. The average Bonchev–Trinajstić information content (AvgIpc) is 2.51. The lowest BCUT2D eigenvalue weighted by molar-refractivity contribution is -0.148. The quantitative estimate of drug-likeness (QED) is 0.899. The van der Waals surface area contributed by atoms with E-state index in [-0.39, 0.29) is 24.4 Å². The molecule has 1 atom stereocenters. The fourth-order valence-corrected chi connectivity index (χ4v) is 4.03. The number of rotatable bonds is 2. The second-order valence-corrected chi connectivity index (χ2v) is 6.40. The SMILES string of the molecule is O=C1NCC(=O)N(C2CCSCC2)C1c1ccccc1. The molecule has 0 bridgehead atoms. The summed E-state index contributed by atoms with van der Waals surface area (Å²) >= 11 is 1.92. The molecular weight excluding hydrogens is 272 g/mol. The summed E-state index contributed by atoms with van der Waals surface area (Å²) in [4.78, 5) is 26.4. The van der Waals surface area contributed by atoms with Gasteiger partial charge in [0, 0.05) is 6.04 Å². The van der Waals surface area contributed by atoms with Crippen LogP contribution in [0.2, 0.25) is 0 Å². The first kappa shape index (κ1) is 13.5. The van der Waals surface area contributed by atoms with Gasteiger partial charge in [-0.2, -0.15) is 11.8 Å². The van der Waals surface area contributed by atoms with E-state index in [1.54, 1.807) is 0 Å². The first-order valence-corrected chi connectivity index (χ1v) is 8.14. The van der Waals surface area contributed by atoms with Crippen LogP contribution in [0.1, 0.15) is 24.4 Å². The fourth-order valence-electron chi connectivity index (χ4n) is 2.95. The number of amides is 2. The van der Waals surface area contributed by atoms with Crippen molar-refractivity contribution in [3.05, 3.63) is 35.9 Å². The van der Waals surface area contributed by atoms with Gasteiger partial charge in [-0.25, -0.2) is 0 Å². The largest absolute Gasteiger partial charge is 0.345 e. The first-order valence-electron chi connectivity index (χ1n) is 6.99. The summed E-state index contributed by atoms with van der Waals surface area (Å²) in [5.41, 5.74) is 0.899. The fraction of sp³-hybridized carbons (Fsp3) is 0.467. The Morgan fingerprint density at radius 2 is 1.80 bits per heavy atom. The van der Waals surface area contributed by atoms with Crippen molar-refractivity contribution in [3.63, 3.8) is 0 Å². The molecule has 0 saturated carbocycles. The highest BCUT2D eigenvalue weighted by molar-refractivity contribution is 7.99. The van der Waals surface area contributed by atoms with Gasteiger partial charge in [0.15, 0.2) is 0 Å². The molecule has 0 radical (unpaired) electrons. The highest BCUT2D eigenvalue weighted by Gasteiger charge is 2.39. The lowest BCUT2D eigenvalue weighted by Gasteiger charge is -2.42. The molecule has 1 aromatic carbocycles. The van der Waals surface area contributed by atoms with Crippen LogP contribution in [0.5, 0.6) is 0 Å². The number of carbonyl (C=O) groups is 2. The Morgan fingerprint density at radius 1 is 1.10 bits per heavy atom. The van der Waals surface area contributed by atoms with Crippen molar-refractivity contribution in [2.45, 2.75) is 24.9 Å². The minimum Gasteiger partial charge on any atom is -0.345 e. The molecule has 1 unspecified atom stereocenters. The number of hydrogen-bond donors (Lipinski definition) is 1. The third kappa shape index (κ3) is 2.54. The summed E-state index contributed by atoms with van der Waals surface area (Å²) in [6.07, 6.45) is 1.96. The molecular formula is C15H18N2O2S. The molecule has 0 aromatic heterocycles. The molecule has 1 aromatic rings. The second kappa shape index (κ2) is 5.87. The summed E-state index contributed by atoms with van der Waals surface area (Å²) < 4.78 is 0. The predicted octanol–water partition coefficient (Wildman–Crippen LogP) is 1.58. The summed E-state index contributed by atoms with van der Waals surface area (Å²) in [7, 11) is 0. The zero-order valence-electron chi connectivity index (χ0n) is 11.2. The van der Waals surface area contributed by atoms with Gasteiger partial charge in [0.2, 0.25) is 11.8 Å². The third-order valence-corrected chi connectivity index (χ3v) is 4.98. The van der Waals surface area contributed by atoms with Gasteiger partial charge in [-0.05, 0) is 29.9 Å². The van der Waals surface area contributed by atoms with Crippen molar-refractivity contribution in [1.29, 1.82) is 0 Å². The molecule has 2 aliphatic heterocycles. The van der Waals surface area contributed by atoms with E-state index in [2.05, 4.69) is 5.32 Å². The Bertz CT molecular complexity index is 500. The van der Waals surface area contributed by atoms with E-state index in [1.807, 2.05) is 47.0 Å². The van der Waals surface area contributed by atoms with E-state index in [0.29, 0.717) is 0 Å². The number of carbonyl (C=O) groups excluding carboxylic acids is 2. The van der Waals surface area contributed by atoms with Gasteiger partial charge < -0.3 is 10.2 Å². The Kier molecular flexibility index (Phi) is 3.96. The van der Waals surface area contributed by atoms with Crippen molar-refractivity contribution in [3.8, 4) is 0 Å². The number of hydrogen-bond acceptors (Lipinski definition) is 3. The maximum Gasteiger partial charge on any atom is 0.247 e. The van der Waals surface area contributed by atoms with Gasteiger partial charge in [-0.3, -0.25) is 9.59 Å². The topological polar surface area (TPSA) is 49.4 Å². The van der Waals surface area contributed by atoms with E-state index in [1.165, 1.54) is 0 Å². The number of nitrogens with zero attached hydrogens (tertiary/aromatic N) is 1. The van der Waals surface area contributed by atoms with Crippen LogP contribution < -0.4 is 5.32 Å². The summed E-state index contributed by atoms with van der Waals surface area (Å²) in [5.74, 6) is 2.11. The zero-order chi connectivity index (χ0) is 13.9.